The van der Waals surface area contributed by atoms with Gasteiger partial charge in [-0.15, -0.1) is 11.3 Å². The van der Waals surface area contributed by atoms with Gasteiger partial charge in [-0.1, -0.05) is 0 Å². The van der Waals surface area contributed by atoms with E-state index in [1.807, 2.05) is 0 Å². The molecular formula is C19H17N3O8S. The Morgan fingerprint density at radius 2 is 2.00 bits per heavy atom. The second-order valence-corrected chi connectivity index (χ2v) is 6.88. The summed E-state index contributed by atoms with van der Waals surface area (Å²) in [4.78, 5) is 41.6. The largest absolute Gasteiger partial charge is 0.501 e. The number of carbonyl (C=O) groups is 2. The third-order valence-corrected chi connectivity index (χ3v) is 4.98. The molecule has 11 nitrogen and oxygen atoms in total. The summed E-state index contributed by atoms with van der Waals surface area (Å²) >= 11 is 1.09. The van der Waals surface area contributed by atoms with Crippen molar-refractivity contribution in [1.29, 1.82) is 0 Å². The average molecular weight is 447 g/mol. The van der Waals surface area contributed by atoms with Crippen LogP contribution in [0.1, 0.15) is 16.1 Å². The Morgan fingerprint density at radius 3 is 2.68 bits per heavy atom. The smallest absolute Gasteiger partial charge is 0.412 e. The van der Waals surface area contributed by atoms with E-state index in [-0.39, 0.29) is 23.0 Å². The molecule has 162 valence electrons. The lowest BCUT2D eigenvalue weighted by molar-refractivity contribution is 0.0686. The van der Waals surface area contributed by atoms with Crippen LogP contribution in [-0.2, 0) is 11.3 Å². The Morgan fingerprint density at radius 1 is 1.23 bits per heavy atom. The number of amides is 1. The number of aromatic hydroxyl groups is 1. The normalized spacial score (nSPS) is 10.4. The van der Waals surface area contributed by atoms with Crippen molar-refractivity contribution < 1.29 is 34.0 Å². The molecule has 0 unspecified atom stereocenters. The average Bonchev–Trinajstić information content (AvgIpc) is 3.21. The second-order valence-electron chi connectivity index (χ2n) is 5.96. The number of carboxylic acids is 1. The summed E-state index contributed by atoms with van der Waals surface area (Å²) in [5.41, 5.74) is -1.00. The molecule has 0 aliphatic carbocycles. The number of methoxy groups -OCH3 is 2. The summed E-state index contributed by atoms with van der Waals surface area (Å²) in [5, 5.41) is 22.8. The lowest BCUT2D eigenvalue weighted by atomic mass is 10.2. The van der Waals surface area contributed by atoms with Gasteiger partial charge in [-0.05, 0) is 29.6 Å². The summed E-state index contributed by atoms with van der Waals surface area (Å²) in [6.45, 7) is -0.108. The van der Waals surface area contributed by atoms with Crippen molar-refractivity contribution in [2.24, 2.45) is 0 Å². The third kappa shape index (κ3) is 4.75. The van der Waals surface area contributed by atoms with Crippen molar-refractivity contribution in [2.75, 3.05) is 19.5 Å². The Labute approximate surface area is 178 Å². The molecule has 0 aliphatic heterocycles. The number of carboxylic acid groups (broad SMARTS) is 1. The van der Waals surface area contributed by atoms with Crippen molar-refractivity contribution in [1.82, 2.24) is 9.97 Å². The van der Waals surface area contributed by atoms with Crippen LogP contribution in [-0.4, -0.2) is 46.5 Å². The Balaban J connectivity index is 1.78. The second kappa shape index (κ2) is 9.17. The van der Waals surface area contributed by atoms with E-state index >= 15 is 0 Å². The van der Waals surface area contributed by atoms with Crippen LogP contribution >= 0.6 is 11.3 Å². The molecule has 3 aromatic rings. The lowest BCUT2D eigenvalue weighted by Crippen LogP contribution is -2.16. The Bertz CT molecular complexity index is 1190. The maximum atomic E-state index is 12.3. The minimum Gasteiger partial charge on any atom is -0.501 e. The molecule has 2 aromatic heterocycles. The number of aromatic nitrogens is 2. The van der Waals surface area contributed by atoms with Gasteiger partial charge >= 0.3 is 12.1 Å². The van der Waals surface area contributed by atoms with Crippen molar-refractivity contribution in [2.45, 2.75) is 6.61 Å². The van der Waals surface area contributed by atoms with Gasteiger partial charge in [-0.2, -0.15) is 0 Å². The van der Waals surface area contributed by atoms with Crippen molar-refractivity contribution in [3.63, 3.8) is 0 Å². The van der Waals surface area contributed by atoms with E-state index in [9.17, 15) is 19.5 Å². The first-order valence-electron chi connectivity index (χ1n) is 8.63. The molecule has 0 fully saturated rings. The number of hydrogen-bond acceptors (Lipinski definition) is 9. The molecule has 31 heavy (non-hydrogen) atoms. The number of carbonyl (C=O) groups excluding carboxylic acids is 1. The number of thiophene rings is 1. The number of H-pyrrole nitrogens is 1. The fourth-order valence-electron chi connectivity index (χ4n) is 2.60. The van der Waals surface area contributed by atoms with Crippen LogP contribution in [0.25, 0.3) is 10.7 Å². The van der Waals surface area contributed by atoms with Crippen LogP contribution in [0.2, 0.25) is 0 Å². The quantitative estimate of drug-likeness (QED) is 0.427. The first-order valence-corrected chi connectivity index (χ1v) is 9.51. The van der Waals surface area contributed by atoms with Crippen LogP contribution in [0.4, 0.5) is 10.5 Å². The maximum Gasteiger partial charge on any atom is 0.412 e. The number of aromatic amines is 1. The fraction of sp³-hybridized carbons (Fsp3) is 0.158. The number of anilines is 1. The molecule has 1 aromatic carbocycles. The predicted molar refractivity (Wildman–Crippen MR) is 110 cm³/mol. The summed E-state index contributed by atoms with van der Waals surface area (Å²) in [6.07, 6.45) is -0.802. The topological polar surface area (TPSA) is 160 Å². The predicted octanol–water partition coefficient (Wildman–Crippen LogP) is 2.67. The zero-order chi connectivity index (χ0) is 22.5. The lowest BCUT2D eigenvalue weighted by Gasteiger charge is -2.12. The summed E-state index contributed by atoms with van der Waals surface area (Å²) in [7, 11) is 2.99. The molecule has 4 N–H and O–H groups in total. The molecule has 0 saturated heterocycles. The van der Waals surface area contributed by atoms with Gasteiger partial charge in [0.2, 0.25) is 5.75 Å². The van der Waals surface area contributed by atoms with Gasteiger partial charge in [0.05, 0.1) is 24.8 Å². The van der Waals surface area contributed by atoms with Crippen LogP contribution in [0, 0.1) is 0 Å². The van der Waals surface area contributed by atoms with Crippen LogP contribution < -0.4 is 20.3 Å². The molecule has 1 amide bonds. The highest BCUT2D eigenvalue weighted by Crippen LogP contribution is 2.32. The highest BCUT2D eigenvalue weighted by Gasteiger charge is 2.20. The number of nitrogens with zero attached hydrogens (tertiary/aromatic N) is 1. The van der Waals surface area contributed by atoms with E-state index in [0.29, 0.717) is 17.1 Å². The van der Waals surface area contributed by atoms with Crippen molar-refractivity contribution in [3.05, 3.63) is 51.3 Å². The molecular weight excluding hydrogens is 430 g/mol. The summed E-state index contributed by atoms with van der Waals surface area (Å²) in [6, 6.07) is 6.58. The van der Waals surface area contributed by atoms with E-state index in [0.717, 1.165) is 11.3 Å². The van der Waals surface area contributed by atoms with Gasteiger partial charge in [-0.25, -0.2) is 14.6 Å². The van der Waals surface area contributed by atoms with E-state index in [1.165, 1.54) is 20.3 Å². The Hall–Kier alpha value is -4.06. The molecule has 0 aliphatic rings. The van der Waals surface area contributed by atoms with Gasteiger partial charge in [-0.3, -0.25) is 10.1 Å². The minimum absolute atomic E-state index is 0.108. The van der Waals surface area contributed by atoms with Gasteiger partial charge < -0.3 is 29.4 Å². The van der Waals surface area contributed by atoms with E-state index in [1.54, 1.807) is 23.6 Å². The number of hydrogen-bond donors (Lipinski definition) is 4. The number of ether oxygens (including phenoxy) is 3. The summed E-state index contributed by atoms with van der Waals surface area (Å²) in [5.74, 6) is -1.62. The first kappa shape index (κ1) is 21.6. The van der Waals surface area contributed by atoms with E-state index in [4.69, 9.17) is 19.3 Å². The SMILES string of the molecule is COc1ccc(OC)c(COC(=O)Nc2ccsc2-c2nc(C(=O)O)c(O)c(=O)[nH]2)c1. The van der Waals surface area contributed by atoms with Gasteiger partial charge in [0, 0.05) is 5.56 Å². The van der Waals surface area contributed by atoms with E-state index in [2.05, 4.69) is 15.3 Å². The zero-order valence-corrected chi connectivity index (χ0v) is 17.1. The van der Waals surface area contributed by atoms with Gasteiger partial charge in [0.25, 0.3) is 5.56 Å². The molecule has 0 atom stereocenters. The number of nitrogens with one attached hydrogen (secondary N) is 2. The zero-order valence-electron chi connectivity index (χ0n) is 16.3. The van der Waals surface area contributed by atoms with Crippen molar-refractivity contribution in [3.8, 4) is 28.0 Å². The van der Waals surface area contributed by atoms with E-state index < -0.39 is 29.1 Å². The van der Waals surface area contributed by atoms with Gasteiger partial charge in [0.1, 0.15) is 18.1 Å². The molecule has 3 rings (SSSR count). The maximum absolute atomic E-state index is 12.3. The standard InChI is InChI=1S/C19H17N3O8S/c1-28-10-3-4-12(29-2)9(7-10)8-30-19(27)20-11-5-6-31-15(11)16-21-13(18(25)26)14(23)17(24)22-16/h3-7,23H,8H2,1-2H3,(H,20,27)(H,25,26)(H,21,22,24). The fourth-order valence-corrected chi connectivity index (χ4v) is 3.39. The molecule has 0 spiro atoms. The number of rotatable bonds is 7. The van der Waals surface area contributed by atoms with Crippen LogP contribution in [0.15, 0.2) is 34.4 Å². The first-order chi connectivity index (χ1) is 14.8. The molecule has 0 bridgehead atoms. The minimum atomic E-state index is -1.57. The molecule has 0 saturated carbocycles. The number of aromatic carboxylic acids is 1. The third-order valence-electron chi connectivity index (χ3n) is 4.06. The molecule has 12 heteroatoms. The molecule has 2 heterocycles. The Kier molecular flexibility index (Phi) is 6.40. The monoisotopic (exact) mass is 447 g/mol. The van der Waals surface area contributed by atoms with Crippen LogP contribution in [0.3, 0.4) is 0 Å². The highest BCUT2D eigenvalue weighted by molar-refractivity contribution is 7.14. The summed E-state index contributed by atoms with van der Waals surface area (Å²) < 4.78 is 15.6. The molecule has 0 radical (unpaired) electrons. The highest BCUT2D eigenvalue weighted by atomic mass is 32.1. The van der Waals surface area contributed by atoms with Crippen molar-refractivity contribution >= 4 is 29.1 Å². The number of benzene rings is 1. The van der Waals surface area contributed by atoms with Crippen LogP contribution in [0.5, 0.6) is 17.2 Å². The van der Waals surface area contributed by atoms with Gasteiger partial charge in [0.15, 0.2) is 11.5 Å².